The van der Waals surface area contributed by atoms with E-state index in [2.05, 4.69) is 48.7 Å². The van der Waals surface area contributed by atoms with Crippen LogP contribution in [0.3, 0.4) is 0 Å². The van der Waals surface area contributed by atoms with E-state index in [1.54, 1.807) is 17.5 Å². The van der Waals surface area contributed by atoms with Crippen LogP contribution in [-0.2, 0) is 6.42 Å². The van der Waals surface area contributed by atoms with Gasteiger partial charge in [-0.2, -0.15) is 5.10 Å². The SMILES string of the molecule is CCNC(Cc1cccs1)c1c(Cl)cnn1C(C)C. The first kappa shape index (κ1) is 14.6. The highest BCUT2D eigenvalue weighted by Gasteiger charge is 2.21. The van der Waals surface area contributed by atoms with Crippen molar-refractivity contribution in [3.05, 3.63) is 39.3 Å². The van der Waals surface area contributed by atoms with Gasteiger partial charge in [0.05, 0.1) is 23.0 Å². The topological polar surface area (TPSA) is 29.9 Å². The van der Waals surface area contributed by atoms with E-state index in [4.69, 9.17) is 11.6 Å². The molecule has 0 aromatic carbocycles. The second-order valence-corrected chi connectivity index (χ2v) is 6.25. The lowest BCUT2D eigenvalue weighted by Crippen LogP contribution is -2.26. The number of nitrogens with zero attached hydrogens (tertiary/aromatic N) is 2. The molecular formula is C14H20ClN3S. The number of nitrogens with one attached hydrogen (secondary N) is 1. The Labute approximate surface area is 123 Å². The second kappa shape index (κ2) is 6.55. The van der Waals surface area contributed by atoms with Gasteiger partial charge in [-0.1, -0.05) is 24.6 Å². The Kier molecular flexibility index (Phi) is 5.02. The molecule has 5 heteroatoms. The Bertz CT molecular complexity index is 505. The highest BCUT2D eigenvalue weighted by molar-refractivity contribution is 7.09. The van der Waals surface area contributed by atoms with Crippen LogP contribution in [0, 0.1) is 0 Å². The Morgan fingerprint density at radius 3 is 2.84 bits per heavy atom. The van der Waals surface area contributed by atoms with E-state index < -0.39 is 0 Å². The fraction of sp³-hybridized carbons (Fsp3) is 0.500. The minimum absolute atomic E-state index is 0.209. The van der Waals surface area contributed by atoms with Crippen molar-refractivity contribution in [3.8, 4) is 0 Å². The van der Waals surface area contributed by atoms with Crippen LogP contribution in [0.1, 0.15) is 43.4 Å². The number of likely N-dealkylation sites (N-methyl/N-ethyl adjacent to an activating group) is 1. The molecule has 0 aliphatic carbocycles. The van der Waals surface area contributed by atoms with E-state index in [-0.39, 0.29) is 6.04 Å². The van der Waals surface area contributed by atoms with Gasteiger partial charge in [-0.25, -0.2) is 0 Å². The lowest BCUT2D eigenvalue weighted by molar-refractivity contribution is 0.449. The average molecular weight is 298 g/mol. The van der Waals surface area contributed by atoms with E-state index in [0.717, 1.165) is 23.7 Å². The molecular weight excluding hydrogens is 278 g/mol. The van der Waals surface area contributed by atoms with Crippen molar-refractivity contribution >= 4 is 22.9 Å². The molecule has 0 amide bonds. The van der Waals surface area contributed by atoms with Gasteiger partial charge in [0.1, 0.15) is 0 Å². The molecule has 104 valence electrons. The summed E-state index contributed by atoms with van der Waals surface area (Å²) in [7, 11) is 0. The fourth-order valence-electron chi connectivity index (χ4n) is 2.23. The molecule has 2 aromatic heterocycles. The molecule has 0 spiro atoms. The van der Waals surface area contributed by atoms with Crippen LogP contribution in [0.25, 0.3) is 0 Å². The summed E-state index contributed by atoms with van der Waals surface area (Å²) in [6.07, 6.45) is 2.69. The molecule has 1 N–H and O–H groups in total. The van der Waals surface area contributed by atoms with Crippen molar-refractivity contribution in [3.63, 3.8) is 0 Å². The van der Waals surface area contributed by atoms with Crippen molar-refractivity contribution in [2.75, 3.05) is 6.54 Å². The molecule has 0 bridgehead atoms. The molecule has 2 heterocycles. The van der Waals surface area contributed by atoms with Gasteiger partial charge in [-0.05, 0) is 31.8 Å². The highest BCUT2D eigenvalue weighted by atomic mass is 35.5. The molecule has 2 rings (SSSR count). The number of halogens is 1. The third-order valence-corrected chi connectivity index (χ3v) is 4.23. The zero-order chi connectivity index (χ0) is 13.8. The van der Waals surface area contributed by atoms with Gasteiger partial charge < -0.3 is 5.32 Å². The average Bonchev–Trinajstić information content (AvgIpc) is 2.97. The summed E-state index contributed by atoms with van der Waals surface area (Å²) in [4.78, 5) is 1.36. The Hall–Kier alpha value is -0.840. The third-order valence-electron chi connectivity index (χ3n) is 3.04. The zero-order valence-electron chi connectivity index (χ0n) is 11.6. The molecule has 3 nitrogen and oxygen atoms in total. The molecule has 0 fully saturated rings. The van der Waals surface area contributed by atoms with E-state index in [9.17, 15) is 0 Å². The molecule has 1 atom stereocenters. The zero-order valence-corrected chi connectivity index (χ0v) is 13.1. The Balaban J connectivity index is 2.30. The first-order valence-electron chi connectivity index (χ1n) is 6.62. The number of aromatic nitrogens is 2. The Morgan fingerprint density at radius 2 is 2.26 bits per heavy atom. The predicted octanol–water partition coefficient (Wildman–Crippen LogP) is 4.07. The number of rotatable bonds is 6. The van der Waals surface area contributed by atoms with Gasteiger partial charge in [-0.15, -0.1) is 11.3 Å². The smallest absolute Gasteiger partial charge is 0.0834 e. The molecule has 0 saturated carbocycles. The monoisotopic (exact) mass is 297 g/mol. The maximum absolute atomic E-state index is 6.34. The molecule has 0 radical (unpaired) electrons. The van der Waals surface area contributed by atoms with Crippen LogP contribution in [0.2, 0.25) is 5.02 Å². The van der Waals surface area contributed by atoms with E-state index in [1.807, 2.05) is 4.68 Å². The first-order chi connectivity index (χ1) is 9.13. The van der Waals surface area contributed by atoms with Crippen LogP contribution in [0.5, 0.6) is 0 Å². The van der Waals surface area contributed by atoms with Crippen LogP contribution in [-0.4, -0.2) is 16.3 Å². The molecule has 0 aliphatic rings. The summed E-state index contributed by atoms with van der Waals surface area (Å²) < 4.78 is 2.02. The highest BCUT2D eigenvalue weighted by Crippen LogP contribution is 2.29. The summed E-state index contributed by atoms with van der Waals surface area (Å²) in [5, 5.41) is 10.8. The quantitative estimate of drug-likeness (QED) is 0.871. The lowest BCUT2D eigenvalue weighted by atomic mass is 10.1. The van der Waals surface area contributed by atoms with Crippen LogP contribution < -0.4 is 5.32 Å². The van der Waals surface area contributed by atoms with Gasteiger partial charge in [0, 0.05) is 17.3 Å². The first-order valence-corrected chi connectivity index (χ1v) is 7.87. The summed E-state index contributed by atoms with van der Waals surface area (Å²) in [5.41, 5.74) is 1.09. The maximum Gasteiger partial charge on any atom is 0.0834 e. The largest absolute Gasteiger partial charge is 0.309 e. The van der Waals surface area contributed by atoms with Crippen LogP contribution in [0.15, 0.2) is 23.7 Å². The predicted molar refractivity (Wildman–Crippen MR) is 82.1 cm³/mol. The maximum atomic E-state index is 6.34. The van der Waals surface area contributed by atoms with E-state index in [0.29, 0.717) is 6.04 Å². The third kappa shape index (κ3) is 3.38. The molecule has 0 saturated heterocycles. The lowest BCUT2D eigenvalue weighted by Gasteiger charge is -2.21. The van der Waals surface area contributed by atoms with Crippen molar-refractivity contribution in [1.29, 1.82) is 0 Å². The second-order valence-electron chi connectivity index (χ2n) is 4.81. The van der Waals surface area contributed by atoms with Gasteiger partial charge in [0.15, 0.2) is 0 Å². The van der Waals surface area contributed by atoms with E-state index >= 15 is 0 Å². The van der Waals surface area contributed by atoms with E-state index in [1.165, 1.54) is 4.88 Å². The summed E-state index contributed by atoms with van der Waals surface area (Å²) in [6, 6.07) is 4.77. The fourth-order valence-corrected chi connectivity index (χ4v) is 3.24. The van der Waals surface area contributed by atoms with Crippen LogP contribution >= 0.6 is 22.9 Å². The van der Waals surface area contributed by atoms with Crippen molar-refractivity contribution in [1.82, 2.24) is 15.1 Å². The minimum Gasteiger partial charge on any atom is -0.309 e. The van der Waals surface area contributed by atoms with Crippen molar-refractivity contribution in [2.45, 2.75) is 39.3 Å². The summed E-state index contributed by atoms with van der Waals surface area (Å²) in [6.45, 7) is 7.28. The van der Waals surface area contributed by atoms with Crippen LogP contribution in [0.4, 0.5) is 0 Å². The Morgan fingerprint density at radius 1 is 1.47 bits per heavy atom. The summed E-state index contributed by atoms with van der Waals surface area (Å²) >= 11 is 8.12. The number of hydrogen-bond acceptors (Lipinski definition) is 3. The van der Waals surface area contributed by atoms with Gasteiger partial charge in [0.25, 0.3) is 0 Å². The number of hydrogen-bond donors (Lipinski definition) is 1. The van der Waals surface area contributed by atoms with Crippen molar-refractivity contribution in [2.24, 2.45) is 0 Å². The minimum atomic E-state index is 0.209. The van der Waals surface area contributed by atoms with Gasteiger partial charge in [0.2, 0.25) is 0 Å². The number of thiophene rings is 1. The molecule has 0 aliphatic heterocycles. The van der Waals surface area contributed by atoms with Gasteiger partial charge >= 0.3 is 0 Å². The van der Waals surface area contributed by atoms with Crippen molar-refractivity contribution < 1.29 is 0 Å². The molecule has 1 unspecified atom stereocenters. The molecule has 19 heavy (non-hydrogen) atoms. The normalized spacial score (nSPS) is 13.1. The van der Waals surface area contributed by atoms with Gasteiger partial charge in [-0.3, -0.25) is 4.68 Å². The standard InChI is InChI=1S/C14H20ClN3S/c1-4-16-13(8-11-6-5-7-19-11)14-12(15)9-17-18(14)10(2)3/h5-7,9-10,13,16H,4,8H2,1-3H3. The molecule has 2 aromatic rings. The summed E-state index contributed by atoms with van der Waals surface area (Å²) in [5.74, 6) is 0.